The number of ether oxygens (including phenoxy) is 1. The number of alkyl halides is 3. The van der Waals surface area contributed by atoms with Crippen LogP contribution in [0.4, 0.5) is 13.2 Å². The average molecular weight is 354 g/mol. The maximum absolute atomic E-state index is 11.8. The van der Waals surface area contributed by atoms with Gasteiger partial charge in [0.1, 0.15) is 5.75 Å². The molecule has 0 unspecified atom stereocenters. The lowest BCUT2D eigenvalue weighted by Gasteiger charge is -2.10. The van der Waals surface area contributed by atoms with E-state index in [-0.39, 0.29) is 5.75 Å². The van der Waals surface area contributed by atoms with Gasteiger partial charge in [-0.05, 0) is 44.0 Å². The average Bonchev–Trinajstić information content (AvgIpc) is 1.96. The van der Waals surface area contributed by atoms with Crippen LogP contribution in [0.1, 0.15) is 0 Å². The van der Waals surface area contributed by atoms with Gasteiger partial charge in [0.2, 0.25) is 0 Å². The highest BCUT2D eigenvalue weighted by Crippen LogP contribution is 2.36. The Labute approximate surface area is 99.4 Å². The summed E-state index contributed by atoms with van der Waals surface area (Å²) in [6, 6.07) is 2.28. The third kappa shape index (κ3) is 3.33. The van der Waals surface area contributed by atoms with Crippen LogP contribution < -0.4 is 4.74 Å². The summed E-state index contributed by atoms with van der Waals surface area (Å²) in [6.45, 7) is 0. The summed E-state index contributed by atoms with van der Waals surface area (Å²) in [4.78, 5) is 0. The standard InChI is InChI=1S/C7H2Br2ClF3O/c8-4-1-3(14-7(11,12)13)2-5(9)6(4)10/h1-2H. The smallest absolute Gasteiger partial charge is 0.406 e. The van der Waals surface area contributed by atoms with E-state index in [1.807, 2.05) is 0 Å². The van der Waals surface area contributed by atoms with Crippen molar-refractivity contribution in [1.29, 1.82) is 0 Å². The molecular formula is C7H2Br2ClF3O. The molecule has 7 heteroatoms. The molecule has 0 fully saturated rings. The fraction of sp³-hybridized carbons (Fsp3) is 0.143. The molecule has 14 heavy (non-hydrogen) atoms. The summed E-state index contributed by atoms with van der Waals surface area (Å²) >= 11 is 11.7. The number of rotatable bonds is 1. The molecule has 1 nitrogen and oxygen atoms in total. The summed E-state index contributed by atoms with van der Waals surface area (Å²) in [5, 5.41) is 0.291. The first-order valence-corrected chi connectivity index (χ1v) is 5.16. The predicted molar refractivity (Wildman–Crippen MR) is 53.5 cm³/mol. The van der Waals surface area contributed by atoms with Crippen LogP contribution in [0, 0.1) is 0 Å². The van der Waals surface area contributed by atoms with Crippen LogP contribution in [0.5, 0.6) is 5.75 Å². The van der Waals surface area contributed by atoms with Crippen LogP contribution in [-0.4, -0.2) is 6.36 Å². The van der Waals surface area contributed by atoms with Crippen molar-refractivity contribution in [3.05, 3.63) is 26.1 Å². The normalized spacial score (nSPS) is 11.6. The third-order valence-corrected chi connectivity index (χ3v) is 3.31. The second kappa shape index (κ2) is 4.28. The van der Waals surface area contributed by atoms with E-state index in [1.165, 1.54) is 0 Å². The molecule has 0 N–H and O–H groups in total. The minimum Gasteiger partial charge on any atom is -0.406 e. The highest BCUT2D eigenvalue weighted by molar-refractivity contribution is 9.11. The molecule has 1 aromatic rings. The van der Waals surface area contributed by atoms with Gasteiger partial charge < -0.3 is 4.74 Å². The van der Waals surface area contributed by atoms with Crippen LogP contribution in [-0.2, 0) is 0 Å². The maximum Gasteiger partial charge on any atom is 0.573 e. The second-order valence-corrected chi connectivity index (χ2v) is 4.34. The van der Waals surface area contributed by atoms with Gasteiger partial charge in [-0.3, -0.25) is 0 Å². The Kier molecular flexibility index (Phi) is 3.71. The third-order valence-electron chi connectivity index (χ3n) is 1.19. The Balaban J connectivity index is 3.02. The lowest BCUT2D eigenvalue weighted by atomic mass is 10.3. The highest BCUT2D eigenvalue weighted by atomic mass is 79.9. The zero-order valence-corrected chi connectivity index (χ0v) is 10.3. The molecular weight excluding hydrogens is 352 g/mol. The number of halogens is 6. The Morgan fingerprint density at radius 3 is 1.93 bits per heavy atom. The molecule has 0 spiro atoms. The van der Waals surface area contributed by atoms with E-state index in [0.717, 1.165) is 12.1 Å². The van der Waals surface area contributed by atoms with Crippen LogP contribution in [0.3, 0.4) is 0 Å². The van der Waals surface area contributed by atoms with Crippen molar-refractivity contribution >= 4 is 43.5 Å². The summed E-state index contributed by atoms with van der Waals surface area (Å²) in [7, 11) is 0. The first kappa shape index (κ1) is 12.1. The van der Waals surface area contributed by atoms with Crippen molar-refractivity contribution in [2.24, 2.45) is 0 Å². The molecule has 0 aromatic heterocycles. The van der Waals surface area contributed by atoms with Gasteiger partial charge >= 0.3 is 6.36 Å². The Morgan fingerprint density at radius 1 is 1.14 bits per heavy atom. The summed E-state index contributed by atoms with van der Waals surface area (Å²) < 4.78 is 39.8. The van der Waals surface area contributed by atoms with E-state index in [9.17, 15) is 13.2 Å². The molecule has 1 aromatic carbocycles. The van der Waals surface area contributed by atoms with Gasteiger partial charge in [0.05, 0.1) is 5.02 Å². The van der Waals surface area contributed by atoms with Crippen molar-refractivity contribution in [1.82, 2.24) is 0 Å². The summed E-state index contributed by atoms with van der Waals surface area (Å²) in [5.41, 5.74) is 0. The molecule has 0 heterocycles. The lowest BCUT2D eigenvalue weighted by Crippen LogP contribution is -2.17. The SMILES string of the molecule is FC(F)(F)Oc1cc(Br)c(Cl)c(Br)c1. The van der Waals surface area contributed by atoms with Crippen LogP contribution >= 0.6 is 43.5 Å². The molecule has 1 rings (SSSR count). The van der Waals surface area contributed by atoms with Crippen molar-refractivity contribution in [2.45, 2.75) is 6.36 Å². The zero-order valence-electron chi connectivity index (χ0n) is 6.33. The topological polar surface area (TPSA) is 9.23 Å². The molecule has 0 atom stereocenters. The van der Waals surface area contributed by atoms with E-state index in [1.54, 1.807) is 0 Å². The van der Waals surface area contributed by atoms with Crippen LogP contribution in [0.15, 0.2) is 21.1 Å². The molecule has 0 aliphatic rings. The maximum atomic E-state index is 11.8. The highest BCUT2D eigenvalue weighted by Gasteiger charge is 2.31. The minimum atomic E-state index is -4.70. The zero-order chi connectivity index (χ0) is 10.9. The van der Waals surface area contributed by atoms with Crippen LogP contribution in [0.2, 0.25) is 5.02 Å². The van der Waals surface area contributed by atoms with E-state index < -0.39 is 6.36 Å². The first-order valence-electron chi connectivity index (χ1n) is 3.20. The van der Waals surface area contributed by atoms with E-state index >= 15 is 0 Å². The van der Waals surface area contributed by atoms with Gasteiger partial charge in [-0.2, -0.15) is 0 Å². The van der Waals surface area contributed by atoms with Gasteiger partial charge in [0.25, 0.3) is 0 Å². The minimum absolute atomic E-state index is 0.291. The monoisotopic (exact) mass is 352 g/mol. The van der Waals surface area contributed by atoms with E-state index in [0.29, 0.717) is 14.0 Å². The first-order chi connectivity index (χ1) is 6.29. The van der Waals surface area contributed by atoms with Crippen molar-refractivity contribution in [3.8, 4) is 5.75 Å². The van der Waals surface area contributed by atoms with Crippen molar-refractivity contribution in [3.63, 3.8) is 0 Å². The largest absolute Gasteiger partial charge is 0.573 e. The Hall–Kier alpha value is 0.0600. The van der Waals surface area contributed by atoms with Gasteiger partial charge in [0, 0.05) is 8.95 Å². The number of hydrogen-bond donors (Lipinski definition) is 0. The summed E-state index contributed by atoms with van der Waals surface area (Å²) in [5.74, 6) is -0.333. The number of benzene rings is 1. The van der Waals surface area contributed by atoms with Gasteiger partial charge in [-0.1, -0.05) is 11.6 Å². The lowest BCUT2D eigenvalue weighted by molar-refractivity contribution is -0.274. The van der Waals surface area contributed by atoms with Crippen molar-refractivity contribution in [2.75, 3.05) is 0 Å². The fourth-order valence-electron chi connectivity index (χ4n) is 0.725. The van der Waals surface area contributed by atoms with Crippen molar-refractivity contribution < 1.29 is 17.9 Å². The molecule has 0 radical (unpaired) electrons. The number of hydrogen-bond acceptors (Lipinski definition) is 1. The Morgan fingerprint density at radius 2 is 1.57 bits per heavy atom. The molecule has 78 valence electrons. The van der Waals surface area contributed by atoms with E-state index in [4.69, 9.17) is 11.6 Å². The van der Waals surface area contributed by atoms with Crippen LogP contribution in [0.25, 0.3) is 0 Å². The molecule has 0 bridgehead atoms. The summed E-state index contributed by atoms with van der Waals surface area (Å²) in [6.07, 6.45) is -4.70. The molecule has 0 saturated heterocycles. The predicted octanol–water partition coefficient (Wildman–Crippen LogP) is 4.76. The fourth-order valence-corrected chi connectivity index (χ4v) is 1.98. The quantitative estimate of drug-likeness (QED) is 0.661. The Bertz CT molecular complexity index is 330. The molecule has 0 aliphatic heterocycles. The van der Waals surface area contributed by atoms with Gasteiger partial charge in [-0.15, -0.1) is 13.2 Å². The van der Waals surface area contributed by atoms with Gasteiger partial charge in [-0.25, -0.2) is 0 Å². The molecule has 0 saturated carbocycles. The second-order valence-electron chi connectivity index (χ2n) is 2.25. The van der Waals surface area contributed by atoms with Gasteiger partial charge in [0.15, 0.2) is 0 Å². The molecule has 0 amide bonds. The van der Waals surface area contributed by atoms with E-state index in [2.05, 4.69) is 36.6 Å². The molecule has 0 aliphatic carbocycles.